The fraction of sp³-hybridized carbons (Fsp3) is 0.364. The van der Waals surface area contributed by atoms with Gasteiger partial charge in [-0.3, -0.25) is 4.79 Å². The standard InChI is InChI=1S/C11H13N3O2/c12-14-13-8-4-7-11(15)16-9-10-5-2-1-3-6-10/h1-3,5-6H,4,7-9H2. The van der Waals surface area contributed by atoms with Crippen LogP contribution in [0.1, 0.15) is 18.4 Å². The molecule has 0 aliphatic heterocycles. The van der Waals surface area contributed by atoms with Crippen molar-refractivity contribution in [1.29, 1.82) is 0 Å². The molecule has 1 aromatic rings. The number of benzene rings is 1. The number of azide groups is 1. The maximum Gasteiger partial charge on any atom is 0.306 e. The van der Waals surface area contributed by atoms with Gasteiger partial charge in [-0.2, -0.15) is 0 Å². The lowest BCUT2D eigenvalue weighted by atomic mass is 10.2. The highest BCUT2D eigenvalue weighted by Gasteiger charge is 2.02. The molecule has 0 aliphatic rings. The van der Waals surface area contributed by atoms with E-state index in [0.717, 1.165) is 5.56 Å². The summed E-state index contributed by atoms with van der Waals surface area (Å²) in [7, 11) is 0. The van der Waals surface area contributed by atoms with E-state index >= 15 is 0 Å². The van der Waals surface area contributed by atoms with Crippen molar-refractivity contribution in [2.45, 2.75) is 19.4 Å². The second-order valence-corrected chi connectivity index (χ2v) is 3.20. The molecule has 0 heterocycles. The first-order valence-corrected chi connectivity index (χ1v) is 5.03. The molecule has 0 atom stereocenters. The van der Waals surface area contributed by atoms with Crippen LogP contribution in [0, 0.1) is 0 Å². The van der Waals surface area contributed by atoms with E-state index in [-0.39, 0.29) is 12.4 Å². The van der Waals surface area contributed by atoms with E-state index in [1.54, 1.807) is 0 Å². The van der Waals surface area contributed by atoms with Crippen LogP contribution in [-0.4, -0.2) is 12.5 Å². The first kappa shape index (κ1) is 12.1. The molecule has 0 bridgehead atoms. The van der Waals surface area contributed by atoms with Crippen molar-refractivity contribution in [1.82, 2.24) is 0 Å². The Morgan fingerprint density at radius 3 is 2.81 bits per heavy atom. The van der Waals surface area contributed by atoms with Crippen molar-refractivity contribution in [3.63, 3.8) is 0 Å². The molecule has 0 fully saturated rings. The number of hydrogen-bond donors (Lipinski definition) is 0. The first-order chi connectivity index (χ1) is 7.83. The number of hydrogen-bond acceptors (Lipinski definition) is 3. The number of carbonyl (C=O) groups excluding carboxylic acids is 1. The summed E-state index contributed by atoms with van der Waals surface area (Å²) in [6.45, 7) is 0.623. The van der Waals surface area contributed by atoms with Crippen LogP contribution in [0.4, 0.5) is 0 Å². The normalized spacial score (nSPS) is 9.25. The van der Waals surface area contributed by atoms with Gasteiger partial charge in [0.15, 0.2) is 0 Å². The third-order valence-electron chi connectivity index (χ3n) is 1.94. The molecule has 0 unspecified atom stereocenters. The molecule has 16 heavy (non-hydrogen) atoms. The topological polar surface area (TPSA) is 75.1 Å². The molecule has 0 spiro atoms. The minimum absolute atomic E-state index is 0.267. The van der Waals surface area contributed by atoms with Crippen LogP contribution in [0.15, 0.2) is 35.4 Å². The zero-order valence-corrected chi connectivity index (χ0v) is 8.87. The summed E-state index contributed by atoms with van der Waals surface area (Å²) in [6, 6.07) is 9.49. The summed E-state index contributed by atoms with van der Waals surface area (Å²) in [5, 5.41) is 3.33. The Labute approximate surface area is 93.7 Å². The van der Waals surface area contributed by atoms with E-state index in [0.29, 0.717) is 19.6 Å². The zero-order chi connectivity index (χ0) is 11.6. The van der Waals surface area contributed by atoms with E-state index in [1.165, 1.54) is 0 Å². The molecule has 5 heteroatoms. The minimum Gasteiger partial charge on any atom is -0.461 e. The van der Waals surface area contributed by atoms with E-state index in [1.807, 2.05) is 30.3 Å². The summed E-state index contributed by atoms with van der Waals surface area (Å²) < 4.78 is 5.03. The summed E-state index contributed by atoms with van der Waals surface area (Å²) in [5.74, 6) is -0.267. The second kappa shape index (κ2) is 7.31. The zero-order valence-electron chi connectivity index (χ0n) is 8.87. The van der Waals surface area contributed by atoms with Gasteiger partial charge in [-0.25, -0.2) is 0 Å². The van der Waals surface area contributed by atoms with Gasteiger partial charge in [0.2, 0.25) is 0 Å². The van der Waals surface area contributed by atoms with Gasteiger partial charge < -0.3 is 4.74 Å². The van der Waals surface area contributed by atoms with Crippen LogP contribution >= 0.6 is 0 Å². The molecule has 84 valence electrons. The summed E-state index contributed by atoms with van der Waals surface area (Å²) >= 11 is 0. The molecule has 0 amide bonds. The van der Waals surface area contributed by atoms with Crippen molar-refractivity contribution in [3.8, 4) is 0 Å². The molecule has 0 aromatic heterocycles. The Morgan fingerprint density at radius 1 is 1.38 bits per heavy atom. The average molecular weight is 219 g/mol. The molecule has 1 rings (SSSR count). The van der Waals surface area contributed by atoms with Crippen molar-refractivity contribution in [3.05, 3.63) is 46.3 Å². The minimum atomic E-state index is -0.267. The maximum atomic E-state index is 11.2. The monoisotopic (exact) mass is 219 g/mol. The van der Waals surface area contributed by atoms with Crippen LogP contribution in [-0.2, 0) is 16.1 Å². The lowest BCUT2D eigenvalue weighted by Gasteiger charge is -2.03. The lowest BCUT2D eigenvalue weighted by Crippen LogP contribution is -2.04. The molecular weight excluding hydrogens is 206 g/mol. The van der Waals surface area contributed by atoms with E-state index < -0.39 is 0 Å². The van der Waals surface area contributed by atoms with Crippen LogP contribution in [0.25, 0.3) is 10.4 Å². The summed E-state index contributed by atoms with van der Waals surface area (Å²) in [4.78, 5) is 13.8. The molecule has 1 aromatic carbocycles. The van der Waals surface area contributed by atoms with Crippen LogP contribution < -0.4 is 0 Å². The fourth-order valence-corrected chi connectivity index (χ4v) is 1.15. The van der Waals surface area contributed by atoms with Gasteiger partial charge in [-0.1, -0.05) is 35.4 Å². The third-order valence-corrected chi connectivity index (χ3v) is 1.94. The predicted molar refractivity (Wildman–Crippen MR) is 59.5 cm³/mol. The summed E-state index contributed by atoms with van der Waals surface area (Å²) in [5.41, 5.74) is 8.99. The Kier molecular flexibility index (Phi) is 5.52. The van der Waals surface area contributed by atoms with Crippen LogP contribution in [0.2, 0.25) is 0 Å². The Morgan fingerprint density at radius 2 is 2.12 bits per heavy atom. The van der Waals surface area contributed by atoms with E-state index in [2.05, 4.69) is 10.0 Å². The lowest BCUT2D eigenvalue weighted by molar-refractivity contribution is -0.145. The SMILES string of the molecule is [N-]=[N+]=NCCCC(=O)OCc1ccccc1. The maximum absolute atomic E-state index is 11.2. The Bertz CT molecular complexity index is 372. The highest BCUT2D eigenvalue weighted by molar-refractivity contribution is 5.69. The number of ether oxygens (including phenoxy) is 1. The van der Waals surface area contributed by atoms with Gasteiger partial charge in [0.1, 0.15) is 6.61 Å². The quantitative estimate of drug-likeness (QED) is 0.242. The second-order valence-electron chi connectivity index (χ2n) is 3.20. The van der Waals surface area contributed by atoms with Crippen LogP contribution in [0.5, 0.6) is 0 Å². The van der Waals surface area contributed by atoms with Gasteiger partial charge in [0.25, 0.3) is 0 Å². The van der Waals surface area contributed by atoms with E-state index in [9.17, 15) is 4.79 Å². The van der Waals surface area contributed by atoms with Crippen molar-refractivity contribution in [2.75, 3.05) is 6.54 Å². The highest BCUT2D eigenvalue weighted by Crippen LogP contribution is 2.02. The molecule has 0 radical (unpaired) electrons. The van der Waals surface area contributed by atoms with E-state index in [4.69, 9.17) is 10.3 Å². The van der Waals surface area contributed by atoms with Gasteiger partial charge in [0, 0.05) is 17.9 Å². The third kappa shape index (κ3) is 5.02. The van der Waals surface area contributed by atoms with Gasteiger partial charge in [0.05, 0.1) is 0 Å². The average Bonchev–Trinajstić information content (AvgIpc) is 2.33. The fourth-order valence-electron chi connectivity index (χ4n) is 1.15. The number of nitrogens with zero attached hydrogens (tertiary/aromatic N) is 3. The number of esters is 1. The highest BCUT2D eigenvalue weighted by atomic mass is 16.5. The van der Waals surface area contributed by atoms with Crippen molar-refractivity contribution >= 4 is 5.97 Å². The Balaban J connectivity index is 2.18. The number of carbonyl (C=O) groups is 1. The smallest absolute Gasteiger partial charge is 0.306 e. The van der Waals surface area contributed by atoms with Crippen molar-refractivity contribution in [2.24, 2.45) is 5.11 Å². The molecule has 5 nitrogen and oxygen atoms in total. The number of rotatable bonds is 6. The largest absolute Gasteiger partial charge is 0.461 e. The van der Waals surface area contributed by atoms with Crippen molar-refractivity contribution < 1.29 is 9.53 Å². The first-order valence-electron chi connectivity index (χ1n) is 5.03. The van der Waals surface area contributed by atoms with Gasteiger partial charge >= 0.3 is 5.97 Å². The molecule has 0 aliphatic carbocycles. The molecule has 0 N–H and O–H groups in total. The predicted octanol–water partition coefficient (Wildman–Crippen LogP) is 2.82. The van der Waals surface area contributed by atoms with Gasteiger partial charge in [-0.05, 0) is 17.5 Å². The summed E-state index contributed by atoms with van der Waals surface area (Å²) in [6.07, 6.45) is 0.809. The Hall–Kier alpha value is -2.00. The molecule has 0 saturated carbocycles. The molecule has 0 saturated heterocycles. The molecular formula is C11H13N3O2. The van der Waals surface area contributed by atoms with Crippen LogP contribution in [0.3, 0.4) is 0 Å². The van der Waals surface area contributed by atoms with Gasteiger partial charge in [-0.15, -0.1) is 0 Å².